The van der Waals surface area contributed by atoms with Crippen LogP contribution in [0, 0.1) is 0 Å². The van der Waals surface area contributed by atoms with Crippen molar-refractivity contribution >= 4 is 22.5 Å². The van der Waals surface area contributed by atoms with Gasteiger partial charge in [-0.25, -0.2) is 0 Å². The van der Waals surface area contributed by atoms with E-state index in [-0.39, 0.29) is 5.75 Å². The van der Waals surface area contributed by atoms with Gasteiger partial charge in [0.25, 0.3) is 0 Å². The van der Waals surface area contributed by atoms with E-state index in [1.165, 1.54) is 0 Å². The summed E-state index contributed by atoms with van der Waals surface area (Å²) in [5.74, 6) is 0.946. The van der Waals surface area contributed by atoms with Crippen LogP contribution in [0.3, 0.4) is 0 Å². The number of rotatable bonds is 4. The maximum atomic E-state index is 9.31. The SMILES string of the molecule is CC(C)n1cc(COc2ccc(O)cc2)c2c(Cl)cccc21. The monoisotopic (exact) mass is 315 g/mol. The van der Waals surface area contributed by atoms with Gasteiger partial charge in [0.2, 0.25) is 0 Å². The second-order valence-electron chi connectivity index (χ2n) is 5.57. The van der Waals surface area contributed by atoms with E-state index < -0.39 is 0 Å². The summed E-state index contributed by atoms with van der Waals surface area (Å²) in [7, 11) is 0. The van der Waals surface area contributed by atoms with Crippen LogP contribution in [0.1, 0.15) is 25.5 Å². The van der Waals surface area contributed by atoms with Crippen LogP contribution in [0.15, 0.2) is 48.7 Å². The molecule has 0 radical (unpaired) electrons. The molecule has 22 heavy (non-hydrogen) atoms. The third kappa shape index (κ3) is 2.77. The van der Waals surface area contributed by atoms with E-state index in [4.69, 9.17) is 16.3 Å². The summed E-state index contributed by atoms with van der Waals surface area (Å²) in [6.45, 7) is 4.72. The number of nitrogens with zero attached hydrogens (tertiary/aromatic N) is 1. The Morgan fingerprint density at radius 3 is 2.55 bits per heavy atom. The summed E-state index contributed by atoms with van der Waals surface area (Å²) in [5, 5.41) is 11.1. The molecule has 4 heteroatoms. The van der Waals surface area contributed by atoms with Crippen molar-refractivity contribution < 1.29 is 9.84 Å². The van der Waals surface area contributed by atoms with Crippen molar-refractivity contribution in [1.29, 1.82) is 0 Å². The molecule has 3 aromatic rings. The number of hydrogen-bond donors (Lipinski definition) is 1. The molecule has 1 N–H and O–H groups in total. The van der Waals surface area contributed by atoms with Crippen molar-refractivity contribution in [3.63, 3.8) is 0 Å². The first-order valence-corrected chi connectivity index (χ1v) is 7.64. The lowest BCUT2D eigenvalue weighted by Gasteiger charge is -2.08. The normalized spacial score (nSPS) is 11.3. The summed E-state index contributed by atoms with van der Waals surface area (Å²) in [6, 6.07) is 13.0. The molecule has 1 aromatic heterocycles. The lowest BCUT2D eigenvalue weighted by atomic mass is 10.2. The molecule has 3 nitrogen and oxygen atoms in total. The molecule has 0 bridgehead atoms. The summed E-state index contributed by atoms with van der Waals surface area (Å²) >= 11 is 6.38. The highest BCUT2D eigenvalue weighted by molar-refractivity contribution is 6.35. The molecule has 0 aliphatic carbocycles. The minimum atomic E-state index is 0.229. The fourth-order valence-corrected chi connectivity index (χ4v) is 2.88. The number of aromatic nitrogens is 1. The summed E-state index contributed by atoms with van der Waals surface area (Å²) in [4.78, 5) is 0. The minimum absolute atomic E-state index is 0.229. The Hall–Kier alpha value is -2.13. The van der Waals surface area contributed by atoms with Gasteiger partial charge in [-0.2, -0.15) is 0 Å². The third-order valence-corrected chi connectivity index (χ3v) is 3.99. The van der Waals surface area contributed by atoms with Crippen molar-refractivity contribution in [3.05, 3.63) is 59.2 Å². The zero-order valence-electron chi connectivity index (χ0n) is 12.6. The molecule has 2 aromatic carbocycles. The first-order valence-electron chi connectivity index (χ1n) is 7.26. The van der Waals surface area contributed by atoms with Crippen LogP contribution in [0.5, 0.6) is 11.5 Å². The number of hydrogen-bond acceptors (Lipinski definition) is 2. The molecule has 1 heterocycles. The van der Waals surface area contributed by atoms with Gasteiger partial charge in [0.05, 0.1) is 10.5 Å². The van der Waals surface area contributed by atoms with Gasteiger partial charge in [-0.05, 0) is 50.2 Å². The predicted molar refractivity (Wildman–Crippen MR) is 89.8 cm³/mol. The third-order valence-electron chi connectivity index (χ3n) is 3.67. The Labute approximate surface area is 134 Å². The van der Waals surface area contributed by atoms with Crippen LogP contribution in [0.2, 0.25) is 5.02 Å². The summed E-state index contributed by atoms with van der Waals surface area (Å²) < 4.78 is 8.03. The molecule has 0 saturated carbocycles. The van der Waals surface area contributed by atoms with Crippen molar-refractivity contribution in [2.75, 3.05) is 0 Å². The first kappa shape index (κ1) is 14.8. The molecule has 0 amide bonds. The zero-order valence-corrected chi connectivity index (χ0v) is 13.3. The average molecular weight is 316 g/mol. The van der Waals surface area contributed by atoms with Gasteiger partial charge in [0, 0.05) is 23.2 Å². The molecule has 3 rings (SSSR count). The lowest BCUT2D eigenvalue weighted by molar-refractivity contribution is 0.306. The van der Waals surface area contributed by atoms with Gasteiger partial charge in [-0.1, -0.05) is 17.7 Å². The first-order chi connectivity index (χ1) is 10.6. The van der Waals surface area contributed by atoms with Gasteiger partial charge < -0.3 is 14.4 Å². The molecule has 0 atom stereocenters. The summed E-state index contributed by atoms with van der Waals surface area (Å²) in [6.07, 6.45) is 2.10. The summed E-state index contributed by atoms with van der Waals surface area (Å²) in [5.41, 5.74) is 2.18. The number of phenolic OH excluding ortho intramolecular Hbond substituents is 1. The highest BCUT2D eigenvalue weighted by Crippen LogP contribution is 2.31. The second-order valence-corrected chi connectivity index (χ2v) is 5.98. The van der Waals surface area contributed by atoms with Crippen molar-refractivity contribution in [2.45, 2.75) is 26.5 Å². The number of benzene rings is 2. The van der Waals surface area contributed by atoms with E-state index in [9.17, 15) is 5.11 Å². The zero-order chi connectivity index (χ0) is 15.7. The van der Waals surface area contributed by atoms with Gasteiger partial charge in [0.15, 0.2) is 0 Å². The van der Waals surface area contributed by atoms with E-state index in [1.807, 2.05) is 12.1 Å². The van der Waals surface area contributed by atoms with Crippen LogP contribution in [-0.2, 0) is 6.61 Å². The molecule has 0 spiro atoms. The minimum Gasteiger partial charge on any atom is -0.508 e. The number of phenols is 1. The maximum absolute atomic E-state index is 9.31. The predicted octanol–water partition coefficient (Wildman–Crippen LogP) is 5.16. The number of fused-ring (bicyclic) bond motifs is 1. The van der Waals surface area contributed by atoms with Crippen LogP contribution < -0.4 is 4.74 Å². The van der Waals surface area contributed by atoms with Gasteiger partial charge >= 0.3 is 0 Å². The molecule has 0 aliphatic rings. The van der Waals surface area contributed by atoms with Crippen LogP contribution in [-0.4, -0.2) is 9.67 Å². The van der Waals surface area contributed by atoms with E-state index >= 15 is 0 Å². The van der Waals surface area contributed by atoms with Crippen LogP contribution in [0.25, 0.3) is 10.9 Å². The Morgan fingerprint density at radius 1 is 1.14 bits per heavy atom. The van der Waals surface area contributed by atoms with E-state index in [0.29, 0.717) is 12.6 Å². The lowest BCUT2D eigenvalue weighted by Crippen LogP contribution is -1.98. The quantitative estimate of drug-likeness (QED) is 0.721. The molecular formula is C18H18ClNO2. The van der Waals surface area contributed by atoms with Crippen molar-refractivity contribution in [1.82, 2.24) is 4.57 Å². The highest BCUT2D eigenvalue weighted by Gasteiger charge is 2.13. The largest absolute Gasteiger partial charge is 0.508 e. The van der Waals surface area contributed by atoms with E-state index in [2.05, 4.69) is 30.7 Å². The van der Waals surface area contributed by atoms with Crippen LogP contribution >= 0.6 is 11.6 Å². The number of ether oxygens (including phenoxy) is 1. The fraction of sp³-hybridized carbons (Fsp3) is 0.222. The molecule has 0 unspecified atom stereocenters. The Bertz CT molecular complexity index is 791. The molecule has 0 aliphatic heterocycles. The van der Waals surface area contributed by atoms with E-state index in [0.717, 1.165) is 27.2 Å². The molecule has 0 saturated heterocycles. The topological polar surface area (TPSA) is 34.4 Å². The highest BCUT2D eigenvalue weighted by atomic mass is 35.5. The Morgan fingerprint density at radius 2 is 1.86 bits per heavy atom. The molecule has 0 fully saturated rings. The number of aromatic hydroxyl groups is 1. The van der Waals surface area contributed by atoms with E-state index in [1.54, 1.807) is 24.3 Å². The molecular weight excluding hydrogens is 298 g/mol. The maximum Gasteiger partial charge on any atom is 0.120 e. The second kappa shape index (κ2) is 5.93. The average Bonchev–Trinajstić information content (AvgIpc) is 2.87. The fourth-order valence-electron chi connectivity index (χ4n) is 2.59. The molecule has 114 valence electrons. The Kier molecular flexibility index (Phi) is 3.99. The smallest absolute Gasteiger partial charge is 0.120 e. The van der Waals surface area contributed by atoms with Gasteiger partial charge in [-0.15, -0.1) is 0 Å². The van der Waals surface area contributed by atoms with Crippen molar-refractivity contribution in [3.8, 4) is 11.5 Å². The van der Waals surface area contributed by atoms with Crippen molar-refractivity contribution in [2.24, 2.45) is 0 Å². The van der Waals surface area contributed by atoms with Gasteiger partial charge in [0.1, 0.15) is 18.1 Å². The Balaban J connectivity index is 1.94. The number of halogens is 1. The van der Waals surface area contributed by atoms with Crippen LogP contribution in [0.4, 0.5) is 0 Å². The van der Waals surface area contributed by atoms with Gasteiger partial charge in [-0.3, -0.25) is 0 Å². The standard InChI is InChI=1S/C18H18ClNO2/c1-12(2)20-10-13(18-16(19)4-3-5-17(18)20)11-22-15-8-6-14(21)7-9-15/h3-10,12,21H,11H2,1-2H3.